The summed E-state index contributed by atoms with van der Waals surface area (Å²) < 4.78 is 5.68. The van der Waals surface area contributed by atoms with Gasteiger partial charge in [-0.1, -0.05) is 33.1 Å². The Labute approximate surface area is 129 Å². The minimum atomic E-state index is -0.175. The van der Waals surface area contributed by atoms with Crippen molar-refractivity contribution in [2.24, 2.45) is 0 Å². The number of carbonyl (C=O) groups excluding carboxylic acids is 1. The first-order chi connectivity index (χ1) is 9.98. The van der Waals surface area contributed by atoms with E-state index >= 15 is 0 Å². The Morgan fingerprint density at radius 2 is 1.76 bits per heavy atom. The highest BCUT2D eigenvalue weighted by Gasteiger charge is 2.18. The zero-order valence-electron chi connectivity index (χ0n) is 13.9. The Kier molecular flexibility index (Phi) is 7.27. The standard InChI is InChI=1S/C18H29NO2/c1-5-7-8-9-14-21-16-12-10-15(11-13-16)17(20)19-18(3,4)6-2/h10-13H,5-9,14H2,1-4H3,(H,19,20). The lowest BCUT2D eigenvalue weighted by Crippen LogP contribution is -2.42. The van der Waals surface area contributed by atoms with Crippen molar-refractivity contribution in [1.29, 1.82) is 0 Å². The highest BCUT2D eigenvalue weighted by molar-refractivity contribution is 5.94. The highest BCUT2D eigenvalue weighted by Crippen LogP contribution is 2.15. The first kappa shape index (κ1) is 17.5. The summed E-state index contributed by atoms with van der Waals surface area (Å²) in [6.45, 7) is 9.06. The summed E-state index contributed by atoms with van der Waals surface area (Å²) in [7, 11) is 0. The molecule has 0 heterocycles. The number of ether oxygens (including phenoxy) is 1. The van der Waals surface area contributed by atoms with Gasteiger partial charge < -0.3 is 10.1 Å². The second kappa shape index (κ2) is 8.71. The van der Waals surface area contributed by atoms with Crippen molar-refractivity contribution >= 4 is 5.91 Å². The van der Waals surface area contributed by atoms with Crippen molar-refractivity contribution in [3.8, 4) is 5.75 Å². The summed E-state index contributed by atoms with van der Waals surface area (Å²) in [6, 6.07) is 7.38. The predicted octanol–water partition coefficient (Wildman–Crippen LogP) is 4.56. The molecule has 1 aromatic rings. The fourth-order valence-electron chi connectivity index (χ4n) is 1.89. The van der Waals surface area contributed by atoms with Gasteiger partial charge in [-0.3, -0.25) is 4.79 Å². The summed E-state index contributed by atoms with van der Waals surface area (Å²) in [5.74, 6) is 0.800. The fourth-order valence-corrected chi connectivity index (χ4v) is 1.89. The molecule has 0 bridgehead atoms. The minimum absolute atomic E-state index is 0.0312. The molecule has 0 saturated carbocycles. The lowest BCUT2D eigenvalue weighted by Gasteiger charge is -2.24. The third-order valence-electron chi connectivity index (χ3n) is 3.72. The van der Waals surface area contributed by atoms with Crippen LogP contribution in [0.25, 0.3) is 0 Å². The molecule has 1 aromatic carbocycles. The molecule has 1 amide bonds. The third-order valence-corrected chi connectivity index (χ3v) is 3.72. The van der Waals surface area contributed by atoms with Crippen molar-refractivity contribution in [1.82, 2.24) is 5.32 Å². The quantitative estimate of drug-likeness (QED) is 0.677. The van der Waals surface area contributed by atoms with Crippen LogP contribution in [0, 0.1) is 0 Å². The van der Waals surface area contributed by atoms with Crippen LogP contribution in [-0.2, 0) is 0 Å². The Morgan fingerprint density at radius 3 is 2.33 bits per heavy atom. The van der Waals surface area contributed by atoms with Crippen molar-refractivity contribution in [3.63, 3.8) is 0 Å². The molecule has 0 saturated heterocycles. The van der Waals surface area contributed by atoms with E-state index in [1.165, 1.54) is 19.3 Å². The van der Waals surface area contributed by atoms with Crippen LogP contribution < -0.4 is 10.1 Å². The van der Waals surface area contributed by atoms with Crippen LogP contribution >= 0.6 is 0 Å². The van der Waals surface area contributed by atoms with Gasteiger partial charge >= 0.3 is 0 Å². The molecule has 21 heavy (non-hydrogen) atoms. The van der Waals surface area contributed by atoms with E-state index < -0.39 is 0 Å². The van der Waals surface area contributed by atoms with E-state index in [2.05, 4.69) is 19.2 Å². The second-order valence-corrected chi connectivity index (χ2v) is 6.13. The minimum Gasteiger partial charge on any atom is -0.494 e. The van der Waals surface area contributed by atoms with Crippen LogP contribution in [-0.4, -0.2) is 18.1 Å². The van der Waals surface area contributed by atoms with E-state index in [0.29, 0.717) is 5.56 Å². The van der Waals surface area contributed by atoms with E-state index in [-0.39, 0.29) is 11.4 Å². The maximum Gasteiger partial charge on any atom is 0.251 e. The van der Waals surface area contributed by atoms with Gasteiger partial charge in [0.05, 0.1) is 6.61 Å². The van der Waals surface area contributed by atoms with E-state index in [1.807, 2.05) is 38.1 Å². The maximum absolute atomic E-state index is 12.1. The molecule has 3 nitrogen and oxygen atoms in total. The second-order valence-electron chi connectivity index (χ2n) is 6.13. The maximum atomic E-state index is 12.1. The average molecular weight is 291 g/mol. The first-order valence-corrected chi connectivity index (χ1v) is 8.04. The van der Waals surface area contributed by atoms with Gasteiger partial charge in [0.2, 0.25) is 0 Å². The normalized spacial score (nSPS) is 11.2. The number of benzene rings is 1. The molecule has 0 spiro atoms. The molecule has 118 valence electrons. The van der Waals surface area contributed by atoms with Crippen LogP contribution in [0.2, 0.25) is 0 Å². The zero-order chi connectivity index (χ0) is 15.7. The SMILES string of the molecule is CCCCCCOc1ccc(C(=O)NC(C)(C)CC)cc1. The van der Waals surface area contributed by atoms with E-state index in [9.17, 15) is 4.79 Å². The Bertz CT molecular complexity index is 423. The molecule has 0 aliphatic rings. The number of amides is 1. The third kappa shape index (κ3) is 6.65. The zero-order valence-corrected chi connectivity index (χ0v) is 13.9. The first-order valence-electron chi connectivity index (χ1n) is 8.04. The summed E-state index contributed by atoms with van der Waals surface area (Å²) >= 11 is 0. The lowest BCUT2D eigenvalue weighted by molar-refractivity contribution is 0.0911. The van der Waals surface area contributed by atoms with Gasteiger partial charge in [0.15, 0.2) is 0 Å². The molecule has 0 aliphatic heterocycles. The van der Waals surface area contributed by atoms with Gasteiger partial charge in [0.25, 0.3) is 5.91 Å². The molecular formula is C18H29NO2. The van der Waals surface area contributed by atoms with Crippen molar-refractivity contribution < 1.29 is 9.53 Å². The molecule has 1 rings (SSSR count). The number of carbonyl (C=O) groups is 1. The van der Waals surface area contributed by atoms with Crippen molar-refractivity contribution in [3.05, 3.63) is 29.8 Å². The molecule has 1 N–H and O–H groups in total. The van der Waals surface area contributed by atoms with Gasteiger partial charge in [0, 0.05) is 11.1 Å². The Balaban J connectivity index is 2.44. The summed E-state index contributed by atoms with van der Waals surface area (Å²) in [5, 5.41) is 3.03. The largest absolute Gasteiger partial charge is 0.494 e. The van der Waals surface area contributed by atoms with Crippen molar-refractivity contribution in [2.45, 2.75) is 65.3 Å². The number of rotatable bonds is 9. The molecule has 0 unspecified atom stereocenters. The Hall–Kier alpha value is -1.51. The monoisotopic (exact) mass is 291 g/mol. The van der Waals surface area contributed by atoms with E-state index in [0.717, 1.165) is 25.2 Å². The van der Waals surface area contributed by atoms with Gasteiger partial charge in [-0.05, 0) is 51.0 Å². The van der Waals surface area contributed by atoms with Crippen LogP contribution in [0.4, 0.5) is 0 Å². The van der Waals surface area contributed by atoms with Crippen LogP contribution in [0.15, 0.2) is 24.3 Å². The number of hydrogen-bond donors (Lipinski definition) is 1. The summed E-state index contributed by atoms with van der Waals surface area (Å²) in [5.41, 5.74) is 0.501. The lowest BCUT2D eigenvalue weighted by atomic mass is 10.0. The number of nitrogens with one attached hydrogen (secondary N) is 1. The highest BCUT2D eigenvalue weighted by atomic mass is 16.5. The van der Waals surface area contributed by atoms with Crippen LogP contribution in [0.5, 0.6) is 5.75 Å². The van der Waals surface area contributed by atoms with Crippen LogP contribution in [0.3, 0.4) is 0 Å². The molecule has 3 heteroatoms. The summed E-state index contributed by atoms with van der Waals surface area (Å²) in [6.07, 6.45) is 5.69. The number of hydrogen-bond acceptors (Lipinski definition) is 2. The van der Waals surface area contributed by atoms with E-state index in [1.54, 1.807) is 0 Å². The summed E-state index contributed by atoms with van der Waals surface area (Å²) in [4.78, 5) is 12.1. The molecule has 0 fully saturated rings. The van der Waals surface area contributed by atoms with Gasteiger partial charge in [-0.2, -0.15) is 0 Å². The molecule has 0 aromatic heterocycles. The van der Waals surface area contributed by atoms with Gasteiger partial charge in [-0.15, -0.1) is 0 Å². The average Bonchev–Trinajstić information content (AvgIpc) is 2.47. The molecule has 0 atom stereocenters. The molecule has 0 aliphatic carbocycles. The fraction of sp³-hybridized carbons (Fsp3) is 0.611. The van der Waals surface area contributed by atoms with Crippen molar-refractivity contribution in [2.75, 3.05) is 6.61 Å². The van der Waals surface area contributed by atoms with Gasteiger partial charge in [-0.25, -0.2) is 0 Å². The van der Waals surface area contributed by atoms with Gasteiger partial charge in [0.1, 0.15) is 5.75 Å². The molecular weight excluding hydrogens is 262 g/mol. The number of unbranched alkanes of at least 4 members (excludes halogenated alkanes) is 3. The smallest absolute Gasteiger partial charge is 0.251 e. The molecule has 0 radical (unpaired) electrons. The van der Waals surface area contributed by atoms with E-state index in [4.69, 9.17) is 4.74 Å². The Morgan fingerprint density at radius 1 is 1.10 bits per heavy atom. The van der Waals surface area contributed by atoms with Crippen LogP contribution in [0.1, 0.15) is 70.2 Å². The topological polar surface area (TPSA) is 38.3 Å². The predicted molar refractivity (Wildman–Crippen MR) is 87.9 cm³/mol.